The number of rotatable bonds is 2. The van der Waals surface area contributed by atoms with E-state index in [1.54, 1.807) is 13.8 Å². The van der Waals surface area contributed by atoms with Crippen LogP contribution in [0.3, 0.4) is 0 Å². The van der Waals surface area contributed by atoms with E-state index in [4.69, 9.17) is 10.5 Å². The number of nitrogen functional groups attached to an aromatic ring is 1. The number of phenols is 1. The SMILES string of the molecule is CC(C)Oc1cc(N)c(F)cc1O. The molecule has 1 aromatic rings. The fraction of sp³-hybridized carbons (Fsp3) is 0.333. The highest BCUT2D eigenvalue weighted by Gasteiger charge is 2.08. The predicted molar refractivity (Wildman–Crippen MR) is 48.2 cm³/mol. The van der Waals surface area contributed by atoms with Gasteiger partial charge in [-0.2, -0.15) is 0 Å². The molecule has 0 saturated carbocycles. The number of halogens is 1. The highest BCUT2D eigenvalue weighted by atomic mass is 19.1. The summed E-state index contributed by atoms with van der Waals surface area (Å²) in [5, 5.41) is 9.24. The Morgan fingerprint density at radius 2 is 2.08 bits per heavy atom. The van der Waals surface area contributed by atoms with Crippen LogP contribution in [0, 0.1) is 5.82 Å². The molecule has 72 valence electrons. The first-order chi connectivity index (χ1) is 6.00. The number of aromatic hydroxyl groups is 1. The minimum Gasteiger partial charge on any atom is -0.504 e. The average molecular weight is 185 g/mol. The van der Waals surface area contributed by atoms with Crippen molar-refractivity contribution in [2.24, 2.45) is 0 Å². The Balaban J connectivity index is 3.01. The van der Waals surface area contributed by atoms with Crippen molar-refractivity contribution >= 4 is 5.69 Å². The lowest BCUT2D eigenvalue weighted by Crippen LogP contribution is -2.06. The molecule has 3 nitrogen and oxygen atoms in total. The molecule has 0 unspecified atom stereocenters. The standard InChI is InChI=1S/C9H12FNO2/c1-5(2)13-9-4-7(11)6(10)3-8(9)12/h3-5,12H,11H2,1-2H3. The molecule has 0 aliphatic heterocycles. The second kappa shape index (κ2) is 3.51. The van der Waals surface area contributed by atoms with E-state index in [1.165, 1.54) is 6.07 Å². The summed E-state index contributed by atoms with van der Waals surface area (Å²) in [4.78, 5) is 0. The molecule has 0 atom stereocenters. The molecule has 0 radical (unpaired) electrons. The summed E-state index contributed by atoms with van der Waals surface area (Å²) < 4.78 is 17.9. The highest BCUT2D eigenvalue weighted by molar-refractivity contribution is 5.52. The second-order valence-corrected chi connectivity index (χ2v) is 3.01. The van der Waals surface area contributed by atoms with Crippen LogP contribution in [-0.2, 0) is 0 Å². The molecule has 0 aliphatic carbocycles. The Labute approximate surface area is 75.9 Å². The predicted octanol–water partition coefficient (Wildman–Crippen LogP) is 1.90. The highest BCUT2D eigenvalue weighted by Crippen LogP contribution is 2.30. The third-order valence-electron chi connectivity index (χ3n) is 1.44. The van der Waals surface area contributed by atoms with E-state index < -0.39 is 5.82 Å². The maximum Gasteiger partial charge on any atom is 0.163 e. The van der Waals surface area contributed by atoms with Crippen molar-refractivity contribution in [1.29, 1.82) is 0 Å². The molecule has 3 N–H and O–H groups in total. The van der Waals surface area contributed by atoms with Crippen LogP contribution >= 0.6 is 0 Å². The van der Waals surface area contributed by atoms with Gasteiger partial charge in [-0.15, -0.1) is 0 Å². The number of hydrogen-bond acceptors (Lipinski definition) is 3. The lowest BCUT2D eigenvalue weighted by atomic mass is 10.2. The summed E-state index contributed by atoms with van der Waals surface area (Å²) in [5.41, 5.74) is 5.27. The zero-order valence-electron chi connectivity index (χ0n) is 7.54. The summed E-state index contributed by atoms with van der Waals surface area (Å²) in [5.74, 6) is -0.678. The maximum atomic E-state index is 12.8. The lowest BCUT2D eigenvalue weighted by molar-refractivity contribution is 0.231. The van der Waals surface area contributed by atoms with Gasteiger partial charge in [0.25, 0.3) is 0 Å². The number of nitrogens with two attached hydrogens (primary N) is 1. The van der Waals surface area contributed by atoms with Gasteiger partial charge in [-0.3, -0.25) is 0 Å². The van der Waals surface area contributed by atoms with Crippen LogP contribution < -0.4 is 10.5 Å². The van der Waals surface area contributed by atoms with Crippen molar-refractivity contribution in [2.75, 3.05) is 5.73 Å². The van der Waals surface area contributed by atoms with Gasteiger partial charge in [0, 0.05) is 12.1 Å². The fourth-order valence-corrected chi connectivity index (χ4v) is 0.907. The third kappa shape index (κ3) is 2.24. The third-order valence-corrected chi connectivity index (χ3v) is 1.44. The van der Waals surface area contributed by atoms with Crippen LogP contribution in [-0.4, -0.2) is 11.2 Å². The smallest absolute Gasteiger partial charge is 0.163 e. The Bertz CT molecular complexity index is 313. The van der Waals surface area contributed by atoms with Crippen molar-refractivity contribution in [3.05, 3.63) is 17.9 Å². The fourth-order valence-electron chi connectivity index (χ4n) is 0.907. The second-order valence-electron chi connectivity index (χ2n) is 3.01. The van der Waals surface area contributed by atoms with Crippen molar-refractivity contribution in [3.8, 4) is 11.5 Å². The van der Waals surface area contributed by atoms with Crippen LogP contribution in [0.25, 0.3) is 0 Å². The van der Waals surface area contributed by atoms with Gasteiger partial charge in [-0.25, -0.2) is 4.39 Å². The topological polar surface area (TPSA) is 55.5 Å². The Morgan fingerprint density at radius 1 is 1.46 bits per heavy atom. The molecule has 4 heteroatoms. The van der Waals surface area contributed by atoms with Crippen molar-refractivity contribution in [3.63, 3.8) is 0 Å². The zero-order chi connectivity index (χ0) is 10.0. The Hall–Kier alpha value is -1.45. The molecule has 0 aliphatic rings. The molecular weight excluding hydrogens is 173 g/mol. The van der Waals surface area contributed by atoms with E-state index in [-0.39, 0.29) is 23.3 Å². The Kier molecular flexibility index (Phi) is 2.60. The van der Waals surface area contributed by atoms with E-state index in [2.05, 4.69) is 0 Å². The van der Waals surface area contributed by atoms with Gasteiger partial charge >= 0.3 is 0 Å². The maximum absolute atomic E-state index is 12.8. The van der Waals surface area contributed by atoms with E-state index in [0.29, 0.717) is 0 Å². The summed E-state index contributed by atoms with van der Waals surface area (Å²) in [6.45, 7) is 3.61. The van der Waals surface area contributed by atoms with E-state index in [9.17, 15) is 9.50 Å². The van der Waals surface area contributed by atoms with Crippen molar-refractivity contribution in [1.82, 2.24) is 0 Å². The number of hydrogen-bond donors (Lipinski definition) is 2. The molecule has 0 heterocycles. The molecule has 1 rings (SSSR count). The summed E-state index contributed by atoms with van der Waals surface area (Å²) >= 11 is 0. The Morgan fingerprint density at radius 3 is 2.62 bits per heavy atom. The van der Waals surface area contributed by atoms with Gasteiger partial charge in [0.15, 0.2) is 11.5 Å². The van der Waals surface area contributed by atoms with Crippen LogP contribution in [0.15, 0.2) is 12.1 Å². The lowest BCUT2D eigenvalue weighted by Gasteiger charge is -2.11. The summed E-state index contributed by atoms with van der Waals surface area (Å²) in [7, 11) is 0. The van der Waals surface area contributed by atoms with Crippen molar-refractivity contribution in [2.45, 2.75) is 20.0 Å². The quantitative estimate of drug-likeness (QED) is 0.546. The van der Waals surface area contributed by atoms with Crippen molar-refractivity contribution < 1.29 is 14.2 Å². The van der Waals surface area contributed by atoms with Crippen LogP contribution in [0.5, 0.6) is 11.5 Å². The van der Waals surface area contributed by atoms with E-state index in [1.807, 2.05) is 0 Å². The van der Waals surface area contributed by atoms with E-state index in [0.717, 1.165) is 6.07 Å². The molecule has 13 heavy (non-hydrogen) atoms. The normalized spacial score (nSPS) is 10.5. The van der Waals surface area contributed by atoms with Gasteiger partial charge in [0.1, 0.15) is 5.82 Å². The number of ether oxygens (including phenoxy) is 1. The number of benzene rings is 1. The number of anilines is 1. The molecule has 0 saturated heterocycles. The largest absolute Gasteiger partial charge is 0.504 e. The van der Waals surface area contributed by atoms with Crippen LogP contribution in [0.4, 0.5) is 10.1 Å². The molecule has 0 amide bonds. The zero-order valence-corrected chi connectivity index (χ0v) is 7.54. The minimum atomic E-state index is -0.645. The molecule has 1 aromatic carbocycles. The van der Waals surface area contributed by atoms with Gasteiger partial charge in [-0.05, 0) is 13.8 Å². The molecule has 0 fully saturated rings. The van der Waals surface area contributed by atoms with Gasteiger partial charge in [-0.1, -0.05) is 0 Å². The summed E-state index contributed by atoms with van der Waals surface area (Å²) in [6, 6.07) is 2.21. The average Bonchev–Trinajstić information content (AvgIpc) is 1.99. The number of phenolic OH excluding ortho intramolecular Hbond substituents is 1. The minimum absolute atomic E-state index is 0.0338. The summed E-state index contributed by atoms with van der Waals surface area (Å²) in [6.07, 6.45) is -0.0873. The van der Waals surface area contributed by atoms with Gasteiger partial charge < -0.3 is 15.6 Å². The van der Waals surface area contributed by atoms with Gasteiger partial charge in [0.2, 0.25) is 0 Å². The monoisotopic (exact) mass is 185 g/mol. The molecule has 0 bridgehead atoms. The van der Waals surface area contributed by atoms with Crippen LogP contribution in [0.2, 0.25) is 0 Å². The molecule has 0 aromatic heterocycles. The van der Waals surface area contributed by atoms with Crippen LogP contribution in [0.1, 0.15) is 13.8 Å². The first kappa shape index (κ1) is 9.64. The van der Waals surface area contributed by atoms with Gasteiger partial charge in [0.05, 0.1) is 11.8 Å². The first-order valence-electron chi connectivity index (χ1n) is 3.95. The molecular formula is C9H12FNO2. The van der Waals surface area contributed by atoms with E-state index >= 15 is 0 Å². The molecule has 0 spiro atoms. The first-order valence-corrected chi connectivity index (χ1v) is 3.95.